The van der Waals surface area contributed by atoms with Gasteiger partial charge in [0.2, 0.25) is 18.6 Å². The Bertz CT molecular complexity index is 1210. The first-order valence-corrected chi connectivity index (χ1v) is 14.2. The molecule has 2 atom stereocenters. The highest BCUT2D eigenvalue weighted by Crippen LogP contribution is 2.35. The molecule has 0 saturated carbocycles. The van der Waals surface area contributed by atoms with Crippen LogP contribution in [0.3, 0.4) is 0 Å². The average Bonchev–Trinajstić information content (AvgIpc) is 3.58. The van der Waals surface area contributed by atoms with Crippen molar-refractivity contribution in [3.63, 3.8) is 0 Å². The zero-order valence-electron chi connectivity index (χ0n) is 24.2. The largest absolute Gasteiger partial charge is 0.497 e. The van der Waals surface area contributed by atoms with E-state index in [2.05, 4.69) is 31.0 Å². The number of carbonyl (C=O) groups is 2. The smallest absolute Gasteiger partial charge is 0.240 e. The van der Waals surface area contributed by atoms with Crippen LogP contribution in [0.25, 0.3) is 0 Å². The summed E-state index contributed by atoms with van der Waals surface area (Å²) in [5, 5.41) is 3.34. The maximum Gasteiger partial charge on any atom is 0.240 e. The minimum absolute atomic E-state index is 0.0908. The standard InChI is InChI=1S/C31H42N4O5/c1-31(2,3)17-29(36)35(19-22-6-5-7-25(14-22)38-4)24-16-26(30(37)33-12-10-32-11-13-33)34(20-24)18-23-8-9-27-28(15-23)40-21-39-27/h5-9,14-15,24,26,32H,10-13,16-21H2,1-4H3/t24-,26?/m0/s1. The summed E-state index contributed by atoms with van der Waals surface area (Å²) in [6.45, 7) is 11.2. The van der Waals surface area contributed by atoms with E-state index in [9.17, 15) is 9.59 Å². The Kier molecular flexibility index (Phi) is 8.51. The molecule has 0 radical (unpaired) electrons. The first-order chi connectivity index (χ1) is 19.2. The van der Waals surface area contributed by atoms with Gasteiger partial charge in [-0.25, -0.2) is 0 Å². The van der Waals surface area contributed by atoms with Gasteiger partial charge in [-0.3, -0.25) is 14.5 Å². The number of methoxy groups -OCH3 is 1. The van der Waals surface area contributed by atoms with Crippen LogP contribution in [0.5, 0.6) is 17.2 Å². The molecule has 9 nitrogen and oxygen atoms in total. The molecule has 0 bridgehead atoms. The van der Waals surface area contributed by atoms with Crippen LogP contribution in [0, 0.1) is 5.41 Å². The molecule has 0 aliphatic carbocycles. The summed E-state index contributed by atoms with van der Waals surface area (Å²) >= 11 is 0. The SMILES string of the molecule is COc1cccc(CN(C(=O)CC(C)(C)C)[C@H]2CC(C(=O)N3CCNCC3)N(Cc3ccc4c(c3)OCO4)C2)c1. The number of likely N-dealkylation sites (tertiary alicyclic amines) is 1. The lowest BCUT2D eigenvalue weighted by atomic mass is 9.91. The van der Waals surface area contributed by atoms with Crippen molar-refractivity contribution in [2.24, 2.45) is 5.41 Å². The van der Waals surface area contributed by atoms with Crippen molar-refractivity contribution in [2.75, 3.05) is 46.6 Å². The number of fused-ring (bicyclic) bond motifs is 1. The maximum absolute atomic E-state index is 13.9. The molecular formula is C31H42N4O5. The predicted octanol–water partition coefficient (Wildman–Crippen LogP) is 3.26. The average molecular weight is 551 g/mol. The number of nitrogens with zero attached hydrogens (tertiary/aromatic N) is 3. The van der Waals surface area contributed by atoms with Crippen LogP contribution >= 0.6 is 0 Å². The van der Waals surface area contributed by atoms with Gasteiger partial charge in [0.05, 0.1) is 13.2 Å². The topological polar surface area (TPSA) is 83.6 Å². The van der Waals surface area contributed by atoms with Crippen molar-refractivity contribution in [1.29, 1.82) is 0 Å². The van der Waals surface area contributed by atoms with Crippen molar-refractivity contribution in [3.8, 4) is 17.2 Å². The summed E-state index contributed by atoms with van der Waals surface area (Å²) in [6, 6.07) is 13.5. The van der Waals surface area contributed by atoms with Gasteiger partial charge < -0.3 is 29.3 Å². The Morgan fingerprint density at radius 1 is 1.05 bits per heavy atom. The van der Waals surface area contributed by atoms with Gasteiger partial charge in [-0.2, -0.15) is 0 Å². The summed E-state index contributed by atoms with van der Waals surface area (Å²) in [7, 11) is 1.65. The Morgan fingerprint density at radius 3 is 2.58 bits per heavy atom. The number of carbonyl (C=O) groups excluding carboxylic acids is 2. The Hall–Kier alpha value is -3.30. The van der Waals surface area contributed by atoms with Gasteiger partial charge in [0.1, 0.15) is 5.75 Å². The van der Waals surface area contributed by atoms with Gasteiger partial charge >= 0.3 is 0 Å². The quantitative estimate of drug-likeness (QED) is 0.540. The fraction of sp³-hybridized carbons (Fsp3) is 0.548. The van der Waals surface area contributed by atoms with Gasteiger partial charge in [-0.05, 0) is 47.2 Å². The third-order valence-electron chi connectivity index (χ3n) is 7.85. The van der Waals surface area contributed by atoms with Crippen LogP contribution in [0.1, 0.15) is 44.7 Å². The normalized spacial score (nSPS) is 20.9. The summed E-state index contributed by atoms with van der Waals surface area (Å²) in [6.07, 6.45) is 1.04. The lowest BCUT2D eigenvalue weighted by Gasteiger charge is -2.33. The van der Waals surface area contributed by atoms with Gasteiger partial charge in [0.25, 0.3) is 0 Å². The molecule has 5 rings (SSSR count). The van der Waals surface area contributed by atoms with E-state index in [1.807, 2.05) is 52.3 Å². The monoisotopic (exact) mass is 550 g/mol. The number of amides is 2. The van der Waals surface area contributed by atoms with Crippen LogP contribution in [-0.4, -0.2) is 85.2 Å². The summed E-state index contributed by atoms with van der Waals surface area (Å²) in [4.78, 5) is 33.9. The molecule has 3 aliphatic heterocycles. The molecule has 3 aliphatic rings. The molecule has 1 unspecified atom stereocenters. The Labute approximate surface area is 237 Å². The van der Waals surface area contributed by atoms with E-state index in [0.717, 1.165) is 41.5 Å². The zero-order chi connectivity index (χ0) is 28.3. The van der Waals surface area contributed by atoms with Crippen molar-refractivity contribution >= 4 is 11.8 Å². The third-order valence-corrected chi connectivity index (χ3v) is 7.85. The van der Waals surface area contributed by atoms with E-state index in [4.69, 9.17) is 14.2 Å². The van der Waals surface area contributed by atoms with Crippen molar-refractivity contribution in [2.45, 2.75) is 58.8 Å². The highest BCUT2D eigenvalue weighted by molar-refractivity contribution is 5.83. The lowest BCUT2D eigenvalue weighted by molar-refractivity contribution is -0.138. The molecule has 1 N–H and O–H groups in total. The van der Waals surface area contributed by atoms with Crippen LogP contribution < -0.4 is 19.5 Å². The molecule has 9 heteroatoms. The number of ether oxygens (including phenoxy) is 3. The van der Waals surface area contributed by atoms with Crippen molar-refractivity contribution in [3.05, 3.63) is 53.6 Å². The second-order valence-electron chi connectivity index (χ2n) is 12.2. The van der Waals surface area contributed by atoms with Gasteiger partial charge in [0, 0.05) is 58.3 Å². The third kappa shape index (κ3) is 6.70. The predicted molar refractivity (Wildman–Crippen MR) is 152 cm³/mol. The molecule has 0 aromatic heterocycles. The van der Waals surface area contributed by atoms with E-state index in [0.29, 0.717) is 45.6 Å². The molecular weight excluding hydrogens is 508 g/mol. The number of nitrogens with one attached hydrogen (secondary N) is 1. The second-order valence-corrected chi connectivity index (χ2v) is 12.2. The number of benzene rings is 2. The summed E-state index contributed by atoms with van der Waals surface area (Å²) < 4.78 is 16.6. The van der Waals surface area contributed by atoms with E-state index in [-0.39, 0.29) is 36.1 Å². The van der Waals surface area contributed by atoms with E-state index < -0.39 is 0 Å². The highest BCUT2D eigenvalue weighted by atomic mass is 16.7. The van der Waals surface area contributed by atoms with E-state index in [1.165, 1.54) is 0 Å². The number of hydrogen-bond acceptors (Lipinski definition) is 7. The van der Waals surface area contributed by atoms with Crippen molar-refractivity contribution < 1.29 is 23.8 Å². The molecule has 0 spiro atoms. The minimum Gasteiger partial charge on any atom is -0.497 e. The molecule has 2 amide bonds. The maximum atomic E-state index is 13.9. The second kappa shape index (κ2) is 12.1. The molecule has 216 valence electrons. The number of hydrogen-bond donors (Lipinski definition) is 1. The first-order valence-electron chi connectivity index (χ1n) is 14.2. The zero-order valence-corrected chi connectivity index (χ0v) is 24.2. The molecule has 2 aromatic carbocycles. The molecule has 3 heterocycles. The van der Waals surface area contributed by atoms with Gasteiger partial charge in [-0.15, -0.1) is 0 Å². The van der Waals surface area contributed by atoms with Crippen molar-refractivity contribution in [1.82, 2.24) is 20.0 Å². The highest BCUT2D eigenvalue weighted by Gasteiger charge is 2.42. The fourth-order valence-corrected chi connectivity index (χ4v) is 5.85. The Balaban J connectivity index is 1.42. The van der Waals surface area contributed by atoms with Crippen LogP contribution in [0.4, 0.5) is 0 Å². The molecule has 2 aromatic rings. The molecule has 2 fully saturated rings. The van der Waals surface area contributed by atoms with E-state index in [1.54, 1.807) is 7.11 Å². The minimum atomic E-state index is -0.302. The van der Waals surface area contributed by atoms with Crippen LogP contribution in [-0.2, 0) is 22.7 Å². The fourth-order valence-electron chi connectivity index (χ4n) is 5.85. The molecule has 40 heavy (non-hydrogen) atoms. The number of rotatable bonds is 8. The first kappa shape index (κ1) is 28.2. The van der Waals surface area contributed by atoms with Gasteiger partial charge in [0.15, 0.2) is 11.5 Å². The summed E-state index contributed by atoms with van der Waals surface area (Å²) in [5.41, 5.74) is 1.93. The summed E-state index contributed by atoms with van der Waals surface area (Å²) in [5.74, 6) is 2.50. The van der Waals surface area contributed by atoms with Crippen LogP contribution in [0.2, 0.25) is 0 Å². The molecule has 2 saturated heterocycles. The number of piperazine rings is 1. The lowest BCUT2D eigenvalue weighted by Crippen LogP contribution is -2.52. The Morgan fingerprint density at radius 2 is 1.82 bits per heavy atom. The van der Waals surface area contributed by atoms with E-state index >= 15 is 0 Å². The van der Waals surface area contributed by atoms with Crippen LogP contribution in [0.15, 0.2) is 42.5 Å². The van der Waals surface area contributed by atoms with Gasteiger partial charge in [-0.1, -0.05) is 39.0 Å².